The van der Waals surface area contributed by atoms with Crippen molar-refractivity contribution in [2.75, 3.05) is 0 Å². The van der Waals surface area contributed by atoms with Gasteiger partial charge < -0.3 is 4.98 Å². The van der Waals surface area contributed by atoms with Gasteiger partial charge in [-0.05, 0) is 24.6 Å². The topological polar surface area (TPSA) is 28.7 Å². The first-order chi connectivity index (χ1) is 5.90. The second-order valence-electron chi connectivity index (χ2n) is 2.68. The van der Waals surface area contributed by atoms with E-state index in [1.54, 1.807) is 6.33 Å². The van der Waals surface area contributed by atoms with E-state index in [9.17, 15) is 0 Å². The van der Waals surface area contributed by atoms with Crippen molar-refractivity contribution in [1.29, 1.82) is 0 Å². The van der Waals surface area contributed by atoms with Crippen LogP contribution in [-0.2, 0) is 0 Å². The third-order valence-electron chi connectivity index (χ3n) is 1.80. The molecule has 0 aliphatic carbocycles. The van der Waals surface area contributed by atoms with Gasteiger partial charge >= 0.3 is 0 Å². The van der Waals surface area contributed by atoms with Crippen molar-refractivity contribution < 1.29 is 0 Å². The highest BCUT2D eigenvalue weighted by molar-refractivity contribution is 5.77. The van der Waals surface area contributed by atoms with Crippen LogP contribution < -0.4 is 0 Å². The fourth-order valence-corrected chi connectivity index (χ4v) is 1.25. The van der Waals surface area contributed by atoms with E-state index in [-0.39, 0.29) is 0 Å². The summed E-state index contributed by atoms with van der Waals surface area (Å²) in [4.78, 5) is 7.21. The van der Waals surface area contributed by atoms with Gasteiger partial charge in [0.2, 0.25) is 0 Å². The van der Waals surface area contributed by atoms with Gasteiger partial charge in [0.1, 0.15) is 0 Å². The summed E-state index contributed by atoms with van der Waals surface area (Å²) >= 11 is 0. The third kappa shape index (κ3) is 1.11. The molecule has 1 aromatic heterocycles. The molecule has 1 aromatic carbocycles. The van der Waals surface area contributed by atoms with Gasteiger partial charge in [0.15, 0.2) is 0 Å². The van der Waals surface area contributed by atoms with Crippen LogP contribution in [0.5, 0.6) is 0 Å². The fourth-order valence-electron chi connectivity index (χ4n) is 1.25. The molecule has 0 fully saturated rings. The lowest BCUT2D eigenvalue weighted by molar-refractivity contribution is 1.34. The minimum atomic E-state index is 1.02. The SMILES string of the molecule is C/C=C/c1ccc2nc[nH]c2c1. The Bertz CT molecular complexity index is 412. The molecule has 12 heavy (non-hydrogen) atoms. The zero-order valence-corrected chi connectivity index (χ0v) is 6.91. The first kappa shape index (κ1) is 7.10. The van der Waals surface area contributed by atoms with Crippen LogP contribution in [0.2, 0.25) is 0 Å². The second-order valence-corrected chi connectivity index (χ2v) is 2.68. The fraction of sp³-hybridized carbons (Fsp3) is 0.100. The van der Waals surface area contributed by atoms with Gasteiger partial charge in [-0.15, -0.1) is 0 Å². The van der Waals surface area contributed by atoms with Crippen molar-refractivity contribution in [3.63, 3.8) is 0 Å². The van der Waals surface area contributed by atoms with Crippen LogP contribution >= 0.6 is 0 Å². The number of allylic oxidation sites excluding steroid dienone is 1. The molecular formula is C10H10N2. The largest absolute Gasteiger partial charge is 0.345 e. The minimum absolute atomic E-state index is 1.02. The number of nitrogens with one attached hydrogen (secondary N) is 1. The Morgan fingerprint density at radius 3 is 3.17 bits per heavy atom. The van der Waals surface area contributed by atoms with Gasteiger partial charge in [-0.3, -0.25) is 0 Å². The van der Waals surface area contributed by atoms with E-state index < -0.39 is 0 Å². The van der Waals surface area contributed by atoms with Gasteiger partial charge in [0.25, 0.3) is 0 Å². The molecule has 2 aromatic rings. The minimum Gasteiger partial charge on any atom is -0.345 e. The molecular weight excluding hydrogens is 148 g/mol. The van der Waals surface area contributed by atoms with Crippen molar-refractivity contribution in [3.8, 4) is 0 Å². The number of aromatic nitrogens is 2. The Hall–Kier alpha value is -1.57. The highest BCUT2D eigenvalue weighted by atomic mass is 14.9. The quantitative estimate of drug-likeness (QED) is 0.679. The number of hydrogen-bond donors (Lipinski definition) is 1. The highest BCUT2D eigenvalue weighted by Gasteiger charge is 1.94. The van der Waals surface area contributed by atoms with Crippen molar-refractivity contribution in [3.05, 3.63) is 36.2 Å². The van der Waals surface area contributed by atoms with Crippen LogP contribution in [0, 0.1) is 0 Å². The highest BCUT2D eigenvalue weighted by Crippen LogP contribution is 2.12. The summed E-state index contributed by atoms with van der Waals surface area (Å²) in [6, 6.07) is 6.16. The smallest absolute Gasteiger partial charge is 0.0931 e. The number of rotatable bonds is 1. The first-order valence-corrected chi connectivity index (χ1v) is 3.96. The van der Waals surface area contributed by atoms with Crippen LogP contribution in [0.1, 0.15) is 12.5 Å². The molecule has 1 N–H and O–H groups in total. The molecule has 0 saturated carbocycles. The predicted octanol–water partition coefficient (Wildman–Crippen LogP) is 2.60. The maximum atomic E-state index is 4.14. The van der Waals surface area contributed by atoms with E-state index >= 15 is 0 Å². The van der Waals surface area contributed by atoms with Crippen molar-refractivity contribution in [1.82, 2.24) is 9.97 Å². The average molecular weight is 158 g/mol. The number of imidazole rings is 1. The molecule has 1 heterocycles. The number of fused-ring (bicyclic) bond motifs is 1. The summed E-state index contributed by atoms with van der Waals surface area (Å²) in [6.07, 6.45) is 5.81. The third-order valence-corrected chi connectivity index (χ3v) is 1.80. The molecule has 0 atom stereocenters. The Kier molecular flexibility index (Phi) is 1.67. The number of hydrogen-bond acceptors (Lipinski definition) is 1. The summed E-state index contributed by atoms with van der Waals surface area (Å²) in [7, 11) is 0. The Balaban J connectivity index is 2.60. The number of benzene rings is 1. The molecule has 2 nitrogen and oxygen atoms in total. The van der Waals surface area contributed by atoms with Crippen LogP contribution in [0.4, 0.5) is 0 Å². The summed E-state index contributed by atoms with van der Waals surface area (Å²) in [5.74, 6) is 0. The van der Waals surface area contributed by atoms with Crippen LogP contribution in [0.15, 0.2) is 30.6 Å². The molecule has 2 rings (SSSR count). The van der Waals surface area contributed by atoms with Crippen molar-refractivity contribution in [2.45, 2.75) is 6.92 Å². The molecule has 0 radical (unpaired) electrons. The maximum Gasteiger partial charge on any atom is 0.0931 e. The van der Waals surface area contributed by atoms with Gasteiger partial charge in [0, 0.05) is 0 Å². The molecule has 60 valence electrons. The van der Waals surface area contributed by atoms with E-state index in [0.29, 0.717) is 0 Å². The van der Waals surface area contributed by atoms with Gasteiger partial charge in [-0.1, -0.05) is 18.2 Å². The Morgan fingerprint density at radius 2 is 2.33 bits per heavy atom. The van der Waals surface area contributed by atoms with Crippen LogP contribution in [-0.4, -0.2) is 9.97 Å². The Labute approximate surface area is 70.9 Å². The summed E-state index contributed by atoms with van der Waals surface area (Å²) in [6.45, 7) is 2.01. The molecule has 0 unspecified atom stereocenters. The standard InChI is InChI=1S/C10H10N2/c1-2-3-8-4-5-9-10(6-8)12-7-11-9/h2-7H,1H3,(H,11,12)/b3-2+. The van der Waals surface area contributed by atoms with Gasteiger partial charge in [-0.2, -0.15) is 0 Å². The van der Waals surface area contributed by atoms with Gasteiger partial charge in [0.05, 0.1) is 17.4 Å². The lowest BCUT2D eigenvalue weighted by Gasteiger charge is -1.91. The molecule has 0 bridgehead atoms. The Morgan fingerprint density at radius 1 is 1.42 bits per heavy atom. The molecule has 0 saturated heterocycles. The van der Waals surface area contributed by atoms with E-state index in [4.69, 9.17) is 0 Å². The number of H-pyrrole nitrogens is 1. The van der Waals surface area contributed by atoms with Crippen LogP contribution in [0.3, 0.4) is 0 Å². The molecule has 2 heteroatoms. The van der Waals surface area contributed by atoms with E-state index in [1.165, 1.54) is 5.56 Å². The molecule has 0 aliphatic heterocycles. The predicted molar refractivity (Wildman–Crippen MR) is 50.8 cm³/mol. The summed E-state index contributed by atoms with van der Waals surface area (Å²) in [5, 5.41) is 0. The van der Waals surface area contributed by atoms with Gasteiger partial charge in [-0.25, -0.2) is 4.98 Å². The van der Waals surface area contributed by atoms with E-state index in [2.05, 4.69) is 28.2 Å². The summed E-state index contributed by atoms with van der Waals surface area (Å²) < 4.78 is 0. The summed E-state index contributed by atoms with van der Waals surface area (Å²) in [5.41, 5.74) is 3.31. The average Bonchev–Trinajstić information content (AvgIpc) is 2.51. The number of aromatic amines is 1. The monoisotopic (exact) mass is 158 g/mol. The zero-order chi connectivity index (χ0) is 8.39. The lowest BCUT2D eigenvalue weighted by Crippen LogP contribution is -1.72. The lowest BCUT2D eigenvalue weighted by atomic mass is 10.2. The van der Waals surface area contributed by atoms with Crippen LogP contribution in [0.25, 0.3) is 17.1 Å². The molecule has 0 aliphatic rings. The zero-order valence-electron chi connectivity index (χ0n) is 6.91. The normalized spacial score (nSPS) is 11.4. The van der Waals surface area contributed by atoms with E-state index in [0.717, 1.165) is 11.0 Å². The van der Waals surface area contributed by atoms with E-state index in [1.807, 2.05) is 19.1 Å². The second kappa shape index (κ2) is 2.81. The maximum absolute atomic E-state index is 4.14. The van der Waals surface area contributed by atoms with Crippen molar-refractivity contribution in [2.24, 2.45) is 0 Å². The van der Waals surface area contributed by atoms with Crippen molar-refractivity contribution >= 4 is 17.1 Å². The number of nitrogens with zero attached hydrogens (tertiary/aromatic N) is 1. The molecule has 0 amide bonds. The molecule has 0 spiro atoms. The first-order valence-electron chi connectivity index (χ1n) is 3.96.